The van der Waals surface area contributed by atoms with Gasteiger partial charge in [0.05, 0.1) is 20.3 Å². The highest BCUT2D eigenvalue weighted by molar-refractivity contribution is 7.93. The summed E-state index contributed by atoms with van der Waals surface area (Å²) in [6, 6.07) is 7.68. The number of ether oxygens (including phenoxy) is 3. The van der Waals surface area contributed by atoms with Crippen molar-refractivity contribution < 1.29 is 18.4 Å². The molecular weight excluding hydrogens is 240 g/mol. The maximum absolute atomic E-state index is 5.72. The topological polar surface area (TPSA) is 36.9 Å². The molecule has 0 bridgehead atoms. The van der Waals surface area contributed by atoms with Crippen LogP contribution in [0.1, 0.15) is 11.9 Å². The molecule has 1 heterocycles. The first-order valence-corrected chi connectivity index (χ1v) is 6.55. The second kappa shape index (κ2) is 6.26. The fourth-order valence-corrected chi connectivity index (χ4v) is 1.90. The molecule has 2 atom stereocenters. The molecule has 94 valence electrons. The van der Waals surface area contributed by atoms with Crippen molar-refractivity contribution in [1.29, 1.82) is 0 Å². The van der Waals surface area contributed by atoms with E-state index < -0.39 is 0 Å². The van der Waals surface area contributed by atoms with Crippen LogP contribution < -0.4 is 4.74 Å². The van der Waals surface area contributed by atoms with Gasteiger partial charge >= 0.3 is 0 Å². The molecule has 0 radical (unpaired) electrons. The quantitative estimate of drug-likeness (QED) is 0.756. The lowest BCUT2D eigenvalue weighted by atomic mass is 10.2. The van der Waals surface area contributed by atoms with Crippen LogP contribution in [0.15, 0.2) is 24.3 Å². The maximum Gasteiger partial charge on any atom is 0.184 e. The lowest BCUT2D eigenvalue weighted by molar-refractivity contribution is -0.0650. The zero-order valence-corrected chi connectivity index (χ0v) is 10.7. The summed E-state index contributed by atoms with van der Waals surface area (Å²) >= 11 is 1.34. The Kier molecular flexibility index (Phi) is 4.67. The van der Waals surface area contributed by atoms with Gasteiger partial charge in [-0.1, -0.05) is 12.1 Å². The van der Waals surface area contributed by atoms with Gasteiger partial charge in [0.15, 0.2) is 6.29 Å². The van der Waals surface area contributed by atoms with Crippen LogP contribution >= 0.6 is 12.0 Å². The molecule has 4 nitrogen and oxygen atoms in total. The molecule has 1 aromatic carbocycles. The molecule has 0 aliphatic carbocycles. The van der Waals surface area contributed by atoms with E-state index in [1.54, 1.807) is 7.11 Å². The van der Waals surface area contributed by atoms with Crippen LogP contribution in [0.4, 0.5) is 0 Å². The van der Waals surface area contributed by atoms with Gasteiger partial charge in [0.2, 0.25) is 0 Å². The average Bonchev–Trinajstić information content (AvgIpc) is 2.85. The molecule has 1 saturated heterocycles. The first kappa shape index (κ1) is 12.7. The molecule has 1 aliphatic heterocycles. The third-order valence-electron chi connectivity index (χ3n) is 2.51. The summed E-state index contributed by atoms with van der Waals surface area (Å²) in [5.41, 5.74) is 0.998. The van der Waals surface area contributed by atoms with Crippen molar-refractivity contribution in [2.24, 2.45) is 0 Å². The first-order chi connectivity index (χ1) is 8.33. The molecule has 0 spiro atoms. The van der Waals surface area contributed by atoms with Crippen LogP contribution in [0, 0.1) is 0 Å². The minimum absolute atomic E-state index is 0.00884. The molecule has 5 heteroatoms. The zero-order valence-electron chi connectivity index (χ0n) is 9.92. The monoisotopic (exact) mass is 256 g/mol. The molecule has 1 fully saturated rings. The van der Waals surface area contributed by atoms with Crippen molar-refractivity contribution >= 4 is 12.0 Å². The Morgan fingerprint density at radius 1 is 1.35 bits per heavy atom. The van der Waals surface area contributed by atoms with Crippen molar-refractivity contribution in [3.63, 3.8) is 0 Å². The molecule has 0 aromatic heterocycles. The molecule has 0 amide bonds. The SMILES string of the molecule is COc1ccc(C2OCC(COSC)O2)cc1. The van der Waals surface area contributed by atoms with E-state index in [4.69, 9.17) is 18.4 Å². The Balaban J connectivity index is 1.90. The minimum atomic E-state index is -0.295. The third kappa shape index (κ3) is 3.35. The summed E-state index contributed by atoms with van der Waals surface area (Å²) in [6.07, 6.45) is 1.60. The van der Waals surface area contributed by atoms with Crippen LogP contribution in [-0.4, -0.2) is 32.7 Å². The smallest absolute Gasteiger partial charge is 0.184 e. The van der Waals surface area contributed by atoms with Gasteiger partial charge in [-0.3, -0.25) is 0 Å². The van der Waals surface area contributed by atoms with Crippen LogP contribution in [0.2, 0.25) is 0 Å². The Bertz CT molecular complexity index is 341. The van der Waals surface area contributed by atoms with Crippen LogP contribution in [-0.2, 0) is 13.7 Å². The number of hydrogen-bond acceptors (Lipinski definition) is 5. The highest BCUT2D eigenvalue weighted by atomic mass is 32.2. The lowest BCUT2D eigenvalue weighted by Gasteiger charge is -2.11. The summed E-state index contributed by atoms with van der Waals surface area (Å²) < 4.78 is 21.6. The lowest BCUT2D eigenvalue weighted by Crippen LogP contribution is -2.15. The molecular formula is C12H16O4S. The molecule has 2 rings (SSSR count). The van der Waals surface area contributed by atoms with Crippen LogP contribution in [0.25, 0.3) is 0 Å². The summed E-state index contributed by atoms with van der Waals surface area (Å²) in [4.78, 5) is 0. The number of methoxy groups -OCH3 is 1. The van der Waals surface area contributed by atoms with E-state index in [-0.39, 0.29) is 12.4 Å². The fraction of sp³-hybridized carbons (Fsp3) is 0.500. The normalized spacial score (nSPS) is 23.9. The van der Waals surface area contributed by atoms with Crippen molar-refractivity contribution in [3.05, 3.63) is 29.8 Å². The Morgan fingerprint density at radius 2 is 2.12 bits per heavy atom. The highest BCUT2D eigenvalue weighted by Gasteiger charge is 2.27. The van der Waals surface area contributed by atoms with Gasteiger partial charge in [0, 0.05) is 11.8 Å². The van der Waals surface area contributed by atoms with Gasteiger partial charge in [0.1, 0.15) is 11.9 Å². The number of benzene rings is 1. The molecule has 1 aromatic rings. The fourth-order valence-electron chi connectivity index (χ4n) is 1.62. The van der Waals surface area contributed by atoms with E-state index in [1.807, 2.05) is 30.5 Å². The zero-order chi connectivity index (χ0) is 12.1. The van der Waals surface area contributed by atoms with E-state index in [2.05, 4.69) is 0 Å². The van der Waals surface area contributed by atoms with E-state index in [0.29, 0.717) is 13.2 Å². The van der Waals surface area contributed by atoms with Gasteiger partial charge in [-0.2, -0.15) is 0 Å². The van der Waals surface area contributed by atoms with Gasteiger partial charge < -0.3 is 18.4 Å². The summed E-state index contributed by atoms with van der Waals surface area (Å²) in [5.74, 6) is 0.828. The van der Waals surface area contributed by atoms with Crippen LogP contribution in [0.3, 0.4) is 0 Å². The number of hydrogen-bond donors (Lipinski definition) is 0. The van der Waals surface area contributed by atoms with Crippen LogP contribution in [0.5, 0.6) is 5.75 Å². The van der Waals surface area contributed by atoms with E-state index in [0.717, 1.165) is 11.3 Å². The predicted octanol–water partition coefficient (Wildman–Crippen LogP) is 2.40. The summed E-state index contributed by atoms with van der Waals surface area (Å²) in [7, 11) is 1.65. The molecule has 0 N–H and O–H groups in total. The van der Waals surface area contributed by atoms with Crippen molar-refractivity contribution in [3.8, 4) is 5.75 Å². The van der Waals surface area contributed by atoms with Gasteiger partial charge in [0.25, 0.3) is 0 Å². The molecule has 0 saturated carbocycles. The summed E-state index contributed by atoms with van der Waals surface area (Å²) in [6.45, 7) is 1.12. The molecule has 1 aliphatic rings. The Labute approximate surface area is 105 Å². The second-order valence-corrected chi connectivity index (χ2v) is 4.22. The third-order valence-corrected chi connectivity index (χ3v) is 2.88. The van der Waals surface area contributed by atoms with Crippen molar-refractivity contribution in [2.45, 2.75) is 12.4 Å². The Morgan fingerprint density at radius 3 is 2.76 bits per heavy atom. The molecule has 2 unspecified atom stereocenters. The van der Waals surface area contributed by atoms with E-state index in [1.165, 1.54) is 12.0 Å². The van der Waals surface area contributed by atoms with Crippen molar-refractivity contribution in [2.75, 3.05) is 26.6 Å². The van der Waals surface area contributed by atoms with E-state index in [9.17, 15) is 0 Å². The number of rotatable bonds is 5. The standard InChI is InChI=1S/C12H16O4S/c1-13-10-5-3-9(4-6-10)12-14-7-11(16-12)8-15-17-2/h3-6,11-12H,7-8H2,1-2H3. The van der Waals surface area contributed by atoms with Gasteiger partial charge in [-0.25, -0.2) is 0 Å². The highest BCUT2D eigenvalue weighted by Crippen LogP contribution is 2.28. The maximum atomic E-state index is 5.72. The largest absolute Gasteiger partial charge is 0.497 e. The average molecular weight is 256 g/mol. The Hall–Kier alpha value is -0.750. The summed E-state index contributed by atoms with van der Waals surface area (Å²) in [5, 5.41) is 0. The van der Waals surface area contributed by atoms with E-state index >= 15 is 0 Å². The second-order valence-electron chi connectivity index (χ2n) is 3.65. The predicted molar refractivity (Wildman–Crippen MR) is 66.0 cm³/mol. The van der Waals surface area contributed by atoms with Gasteiger partial charge in [-0.05, 0) is 24.2 Å². The van der Waals surface area contributed by atoms with Crippen molar-refractivity contribution in [1.82, 2.24) is 0 Å². The first-order valence-electron chi connectivity index (χ1n) is 5.40. The van der Waals surface area contributed by atoms with Gasteiger partial charge in [-0.15, -0.1) is 0 Å². The minimum Gasteiger partial charge on any atom is -0.497 e. The molecule has 17 heavy (non-hydrogen) atoms.